The number of carbonyl (C=O) groups excluding carboxylic acids is 1. The Kier molecular flexibility index (Phi) is 6.94. The normalized spacial score (nSPS) is 12.4. The van der Waals surface area contributed by atoms with Gasteiger partial charge in [0.05, 0.1) is 0 Å². The summed E-state index contributed by atoms with van der Waals surface area (Å²) in [6.45, 7) is 7.19. The number of nitrogens with two attached hydrogens (primary N) is 1. The van der Waals surface area contributed by atoms with Crippen molar-refractivity contribution in [1.29, 1.82) is 0 Å². The Morgan fingerprint density at radius 3 is 2.80 bits per heavy atom. The Morgan fingerprint density at radius 2 is 2.20 bits per heavy atom. The van der Waals surface area contributed by atoms with Crippen LogP contribution in [-0.2, 0) is 10.8 Å². The number of carbonyl (C=O) groups is 1. The summed E-state index contributed by atoms with van der Waals surface area (Å²) in [4.78, 5) is 16.5. The van der Waals surface area contributed by atoms with Gasteiger partial charge in [-0.15, -0.1) is 0 Å². The van der Waals surface area contributed by atoms with Crippen molar-refractivity contribution >= 4 is 39.0 Å². The maximum atomic E-state index is 11.9. The van der Waals surface area contributed by atoms with Crippen LogP contribution in [0.4, 0.5) is 10.9 Å². The van der Waals surface area contributed by atoms with Gasteiger partial charge < -0.3 is 16.4 Å². The molecule has 1 heterocycles. The summed E-state index contributed by atoms with van der Waals surface area (Å²) in [6.07, 6.45) is 0. The molecule has 0 spiro atoms. The van der Waals surface area contributed by atoms with Crippen LogP contribution >= 0.6 is 11.3 Å². The first kappa shape index (κ1) is 16.9. The molecule has 0 aliphatic heterocycles. The summed E-state index contributed by atoms with van der Waals surface area (Å²) in [7, 11) is -0.879. The standard InChI is InChI=1S/C12H22N4O2S2/c1-4-20(18)6-5-14-11(17)9-10(13)16-12(19-9)15-7-8(2)3/h8H,4-7,13H2,1-3H3,(H,14,17)(H,15,16). The third-order valence-electron chi connectivity index (χ3n) is 2.46. The number of amides is 1. The number of hydrogen-bond donors (Lipinski definition) is 3. The monoisotopic (exact) mass is 318 g/mol. The largest absolute Gasteiger partial charge is 0.382 e. The van der Waals surface area contributed by atoms with Crippen LogP contribution in [0.3, 0.4) is 0 Å². The van der Waals surface area contributed by atoms with Gasteiger partial charge in [-0.05, 0) is 5.92 Å². The zero-order valence-corrected chi connectivity index (χ0v) is 13.7. The lowest BCUT2D eigenvalue weighted by Gasteiger charge is -2.04. The lowest BCUT2D eigenvalue weighted by atomic mass is 10.2. The molecule has 8 heteroatoms. The molecule has 1 aromatic rings. The summed E-state index contributed by atoms with van der Waals surface area (Å²) in [5.74, 6) is 1.52. The molecule has 1 unspecified atom stereocenters. The van der Waals surface area contributed by atoms with E-state index >= 15 is 0 Å². The van der Waals surface area contributed by atoms with E-state index in [1.807, 2.05) is 6.92 Å². The van der Waals surface area contributed by atoms with Gasteiger partial charge >= 0.3 is 0 Å². The topological polar surface area (TPSA) is 97.1 Å². The lowest BCUT2D eigenvalue weighted by Crippen LogP contribution is -2.27. The van der Waals surface area contributed by atoms with E-state index in [0.717, 1.165) is 6.54 Å². The van der Waals surface area contributed by atoms with Crippen molar-refractivity contribution in [2.45, 2.75) is 20.8 Å². The van der Waals surface area contributed by atoms with Crippen molar-refractivity contribution in [3.05, 3.63) is 4.88 Å². The third kappa shape index (κ3) is 5.46. The third-order valence-corrected chi connectivity index (χ3v) is 4.79. The average molecular weight is 318 g/mol. The molecule has 1 aromatic heterocycles. The fourth-order valence-electron chi connectivity index (χ4n) is 1.36. The second kappa shape index (κ2) is 8.21. The van der Waals surface area contributed by atoms with Gasteiger partial charge in [0, 0.05) is 35.4 Å². The Morgan fingerprint density at radius 1 is 1.50 bits per heavy atom. The van der Waals surface area contributed by atoms with Gasteiger partial charge in [-0.3, -0.25) is 9.00 Å². The van der Waals surface area contributed by atoms with Crippen LogP contribution in [0.1, 0.15) is 30.4 Å². The van der Waals surface area contributed by atoms with Gasteiger partial charge in [0.1, 0.15) is 10.7 Å². The second-order valence-electron chi connectivity index (χ2n) is 4.70. The summed E-state index contributed by atoms with van der Waals surface area (Å²) < 4.78 is 11.3. The van der Waals surface area contributed by atoms with E-state index < -0.39 is 10.8 Å². The highest BCUT2D eigenvalue weighted by Gasteiger charge is 2.16. The molecule has 1 amide bonds. The summed E-state index contributed by atoms with van der Waals surface area (Å²) in [5.41, 5.74) is 5.74. The molecule has 0 saturated carbocycles. The second-order valence-corrected chi connectivity index (χ2v) is 7.56. The molecular weight excluding hydrogens is 296 g/mol. The molecule has 0 aliphatic carbocycles. The molecule has 1 atom stereocenters. The summed E-state index contributed by atoms with van der Waals surface area (Å²) >= 11 is 1.24. The number of hydrogen-bond acceptors (Lipinski definition) is 6. The van der Waals surface area contributed by atoms with Crippen molar-refractivity contribution < 1.29 is 9.00 Å². The van der Waals surface area contributed by atoms with Crippen LogP contribution in [0.5, 0.6) is 0 Å². The SMILES string of the molecule is CCS(=O)CCNC(=O)c1sc(NCC(C)C)nc1N. The number of rotatable bonds is 8. The van der Waals surface area contributed by atoms with E-state index in [2.05, 4.69) is 29.5 Å². The molecule has 0 fully saturated rings. The highest BCUT2D eigenvalue weighted by Crippen LogP contribution is 2.24. The molecule has 6 nitrogen and oxygen atoms in total. The van der Waals surface area contributed by atoms with Crippen molar-refractivity contribution in [2.24, 2.45) is 5.92 Å². The van der Waals surface area contributed by atoms with Gasteiger partial charge in [0.15, 0.2) is 5.13 Å². The van der Waals surface area contributed by atoms with Gasteiger partial charge in [-0.1, -0.05) is 32.1 Å². The Labute approximate surface area is 126 Å². The predicted octanol–water partition coefficient (Wildman–Crippen LogP) is 1.29. The van der Waals surface area contributed by atoms with E-state index in [1.165, 1.54) is 11.3 Å². The first-order valence-corrected chi connectivity index (χ1v) is 8.87. The highest BCUT2D eigenvalue weighted by molar-refractivity contribution is 7.84. The number of thiazole rings is 1. The van der Waals surface area contributed by atoms with E-state index in [4.69, 9.17) is 5.73 Å². The van der Waals surface area contributed by atoms with Crippen molar-refractivity contribution in [1.82, 2.24) is 10.3 Å². The molecule has 0 radical (unpaired) electrons. The van der Waals surface area contributed by atoms with Crippen molar-refractivity contribution in [3.8, 4) is 0 Å². The minimum absolute atomic E-state index is 0.232. The fourth-order valence-corrected chi connectivity index (χ4v) is 2.79. The number of nitrogens with one attached hydrogen (secondary N) is 2. The Hall–Kier alpha value is -1.15. The number of aromatic nitrogens is 1. The first-order valence-electron chi connectivity index (χ1n) is 6.57. The minimum Gasteiger partial charge on any atom is -0.382 e. The molecule has 1 rings (SSSR count). The van der Waals surface area contributed by atoms with Crippen molar-refractivity contribution in [2.75, 3.05) is 35.6 Å². The van der Waals surface area contributed by atoms with Crippen LogP contribution in [0.15, 0.2) is 0 Å². The van der Waals surface area contributed by atoms with Crippen LogP contribution < -0.4 is 16.4 Å². The summed E-state index contributed by atoms with van der Waals surface area (Å²) in [6, 6.07) is 0. The predicted molar refractivity (Wildman–Crippen MR) is 85.7 cm³/mol. The van der Waals surface area contributed by atoms with Crippen LogP contribution in [-0.4, -0.2) is 39.7 Å². The smallest absolute Gasteiger partial charge is 0.265 e. The minimum atomic E-state index is -0.879. The van der Waals surface area contributed by atoms with Gasteiger partial charge in [-0.2, -0.15) is 0 Å². The zero-order valence-electron chi connectivity index (χ0n) is 12.1. The molecule has 0 bridgehead atoms. The van der Waals surface area contributed by atoms with Crippen LogP contribution in [0.2, 0.25) is 0 Å². The van der Waals surface area contributed by atoms with E-state index in [0.29, 0.717) is 34.0 Å². The maximum Gasteiger partial charge on any atom is 0.265 e. The average Bonchev–Trinajstić information content (AvgIpc) is 2.77. The van der Waals surface area contributed by atoms with Crippen LogP contribution in [0, 0.1) is 5.92 Å². The quantitative estimate of drug-likeness (QED) is 0.671. The van der Waals surface area contributed by atoms with E-state index in [-0.39, 0.29) is 11.7 Å². The fraction of sp³-hybridized carbons (Fsp3) is 0.667. The van der Waals surface area contributed by atoms with E-state index in [1.54, 1.807) is 0 Å². The van der Waals surface area contributed by atoms with E-state index in [9.17, 15) is 9.00 Å². The van der Waals surface area contributed by atoms with Gasteiger partial charge in [-0.25, -0.2) is 4.98 Å². The zero-order chi connectivity index (χ0) is 15.1. The molecule has 114 valence electrons. The molecule has 0 aromatic carbocycles. The van der Waals surface area contributed by atoms with Gasteiger partial charge in [0.2, 0.25) is 0 Å². The Bertz CT molecular complexity index is 474. The maximum absolute atomic E-state index is 11.9. The number of nitrogens with zero attached hydrogens (tertiary/aromatic N) is 1. The number of anilines is 2. The highest BCUT2D eigenvalue weighted by atomic mass is 32.2. The molecule has 20 heavy (non-hydrogen) atoms. The number of nitrogen functional groups attached to an aromatic ring is 1. The molecule has 0 aliphatic rings. The summed E-state index contributed by atoms with van der Waals surface area (Å²) in [5, 5.41) is 6.51. The van der Waals surface area contributed by atoms with Gasteiger partial charge in [0.25, 0.3) is 5.91 Å². The molecule has 0 saturated heterocycles. The Balaban J connectivity index is 2.53. The molecular formula is C12H22N4O2S2. The first-order chi connectivity index (χ1) is 9.43. The van der Waals surface area contributed by atoms with Crippen molar-refractivity contribution in [3.63, 3.8) is 0 Å². The lowest BCUT2D eigenvalue weighted by molar-refractivity contribution is 0.0961. The molecule has 4 N–H and O–H groups in total. The van der Waals surface area contributed by atoms with Crippen LogP contribution in [0.25, 0.3) is 0 Å².